The lowest BCUT2D eigenvalue weighted by molar-refractivity contribution is -0.142. The second-order valence-corrected chi connectivity index (χ2v) is 4.09. The van der Waals surface area contributed by atoms with Gasteiger partial charge in [0.25, 0.3) is 0 Å². The van der Waals surface area contributed by atoms with Gasteiger partial charge in [-0.25, -0.2) is 0 Å². The van der Waals surface area contributed by atoms with Gasteiger partial charge >= 0.3 is 0 Å². The van der Waals surface area contributed by atoms with Crippen molar-refractivity contribution in [3.63, 3.8) is 0 Å². The van der Waals surface area contributed by atoms with Gasteiger partial charge in [-0.15, -0.1) is 0 Å². The first-order valence-electron chi connectivity index (χ1n) is 4.63. The first-order valence-corrected chi connectivity index (χ1v) is 4.63. The summed E-state index contributed by atoms with van der Waals surface area (Å²) in [7, 11) is 0. The maximum absolute atomic E-state index is 11.6. The third-order valence-corrected chi connectivity index (χ3v) is 3.47. The SMILES string of the molecule is CCN1C(=O)C2C(C1=O)C2(C)CN. The maximum Gasteiger partial charge on any atom is 0.233 e. The molecule has 0 spiro atoms. The number of hydrogen-bond donors (Lipinski definition) is 1. The van der Waals surface area contributed by atoms with Crippen molar-refractivity contribution in [3.05, 3.63) is 0 Å². The number of likely N-dealkylation sites (tertiary alicyclic amines) is 1. The summed E-state index contributed by atoms with van der Waals surface area (Å²) >= 11 is 0. The molecule has 1 aliphatic carbocycles. The van der Waals surface area contributed by atoms with Crippen LogP contribution in [0, 0.1) is 17.3 Å². The number of piperidine rings is 1. The highest BCUT2D eigenvalue weighted by Crippen LogP contribution is 2.62. The number of carbonyl (C=O) groups excluding carboxylic acids is 2. The average Bonchev–Trinajstić information content (AvgIpc) is 2.64. The Bertz CT molecular complexity index is 265. The molecule has 2 amide bonds. The number of rotatable bonds is 2. The standard InChI is InChI=1S/C9H14N2O2/c1-3-11-7(12)5-6(8(11)13)9(5,2)4-10/h5-6H,3-4,10H2,1-2H3. The van der Waals surface area contributed by atoms with Crippen molar-refractivity contribution >= 4 is 11.8 Å². The van der Waals surface area contributed by atoms with Crippen molar-refractivity contribution in [2.24, 2.45) is 23.0 Å². The van der Waals surface area contributed by atoms with Crippen LogP contribution in [0.3, 0.4) is 0 Å². The molecule has 1 heterocycles. The summed E-state index contributed by atoms with van der Waals surface area (Å²) in [6, 6.07) is 0. The van der Waals surface area contributed by atoms with Crippen molar-refractivity contribution in [3.8, 4) is 0 Å². The van der Waals surface area contributed by atoms with Crippen molar-refractivity contribution < 1.29 is 9.59 Å². The van der Waals surface area contributed by atoms with E-state index in [1.165, 1.54) is 4.90 Å². The first-order chi connectivity index (χ1) is 6.07. The number of nitrogens with two attached hydrogens (primary N) is 1. The van der Waals surface area contributed by atoms with Crippen LogP contribution < -0.4 is 5.73 Å². The van der Waals surface area contributed by atoms with Gasteiger partial charge in [-0.1, -0.05) is 6.92 Å². The van der Waals surface area contributed by atoms with Crippen molar-refractivity contribution in [2.75, 3.05) is 13.1 Å². The van der Waals surface area contributed by atoms with Gasteiger partial charge in [-0.3, -0.25) is 14.5 Å². The molecule has 2 unspecified atom stereocenters. The van der Waals surface area contributed by atoms with Crippen LogP contribution in [0.5, 0.6) is 0 Å². The van der Waals surface area contributed by atoms with Crippen molar-refractivity contribution in [1.82, 2.24) is 4.90 Å². The van der Waals surface area contributed by atoms with E-state index in [0.717, 1.165) is 0 Å². The predicted molar refractivity (Wildman–Crippen MR) is 46.5 cm³/mol. The topological polar surface area (TPSA) is 63.4 Å². The fourth-order valence-corrected chi connectivity index (χ4v) is 2.42. The summed E-state index contributed by atoms with van der Waals surface area (Å²) in [6.45, 7) is 4.66. The summed E-state index contributed by atoms with van der Waals surface area (Å²) in [5, 5.41) is 0. The number of amides is 2. The Morgan fingerprint density at radius 1 is 1.38 bits per heavy atom. The van der Waals surface area contributed by atoms with E-state index < -0.39 is 0 Å². The molecule has 0 radical (unpaired) electrons. The Hall–Kier alpha value is -0.900. The minimum absolute atomic E-state index is 0.0227. The van der Waals surface area contributed by atoms with E-state index in [1.54, 1.807) is 0 Å². The Kier molecular flexibility index (Phi) is 1.55. The van der Waals surface area contributed by atoms with E-state index in [2.05, 4.69) is 0 Å². The average molecular weight is 182 g/mol. The molecule has 1 aliphatic heterocycles. The van der Waals surface area contributed by atoms with Crippen LogP contribution >= 0.6 is 0 Å². The van der Waals surface area contributed by atoms with Crippen LogP contribution in [0.25, 0.3) is 0 Å². The van der Waals surface area contributed by atoms with Crippen LogP contribution in [-0.2, 0) is 9.59 Å². The van der Waals surface area contributed by atoms with Gasteiger partial charge in [0, 0.05) is 12.0 Å². The minimum Gasteiger partial charge on any atom is -0.330 e. The Morgan fingerprint density at radius 3 is 2.15 bits per heavy atom. The smallest absolute Gasteiger partial charge is 0.233 e. The highest BCUT2D eigenvalue weighted by Gasteiger charge is 2.73. The van der Waals surface area contributed by atoms with E-state index in [4.69, 9.17) is 5.73 Å². The number of hydrogen-bond acceptors (Lipinski definition) is 3. The molecule has 4 heteroatoms. The zero-order valence-electron chi connectivity index (χ0n) is 7.91. The molecule has 2 atom stereocenters. The molecule has 72 valence electrons. The normalized spacial score (nSPS) is 42.5. The molecule has 2 rings (SSSR count). The Labute approximate surface area is 77.1 Å². The number of imide groups is 1. The van der Waals surface area contributed by atoms with Gasteiger partial charge < -0.3 is 5.73 Å². The number of nitrogens with zero attached hydrogens (tertiary/aromatic N) is 1. The molecule has 0 aromatic heterocycles. The van der Waals surface area contributed by atoms with Crippen LogP contribution in [-0.4, -0.2) is 29.8 Å². The lowest BCUT2D eigenvalue weighted by Crippen LogP contribution is -2.38. The second kappa shape index (κ2) is 2.32. The summed E-state index contributed by atoms with van der Waals surface area (Å²) in [4.78, 5) is 24.6. The lowest BCUT2D eigenvalue weighted by Gasteiger charge is -2.19. The fourth-order valence-electron chi connectivity index (χ4n) is 2.42. The molecule has 0 aromatic rings. The van der Waals surface area contributed by atoms with E-state index in [0.29, 0.717) is 13.1 Å². The van der Waals surface area contributed by atoms with Gasteiger partial charge in [-0.2, -0.15) is 0 Å². The maximum atomic E-state index is 11.6. The van der Waals surface area contributed by atoms with Crippen molar-refractivity contribution in [2.45, 2.75) is 13.8 Å². The molecule has 1 saturated carbocycles. The monoisotopic (exact) mass is 182 g/mol. The van der Waals surface area contributed by atoms with Crippen LogP contribution in [0.1, 0.15) is 13.8 Å². The van der Waals surface area contributed by atoms with Crippen molar-refractivity contribution in [1.29, 1.82) is 0 Å². The quantitative estimate of drug-likeness (QED) is 0.590. The molecule has 0 aromatic carbocycles. The largest absolute Gasteiger partial charge is 0.330 e. The predicted octanol–water partition coefficient (Wildman–Crippen LogP) is -0.414. The fraction of sp³-hybridized carbons (Fsp3) is 0.778. The highest BCUT2D eigenvalue weighted by atomic mass is 16.2. The van der Waals surface area contributed by atoms with E-state index >= 15 is 0 Å². The Morgan fingerprint density at radius 2 is 1.85 bits per heavy atom. The summed E-state index contributed by atoms with van der Waals surface area (Å²) in [6.07, 6.45) is 0. The number of carbonyl (C=O) groups is 2. The summed E-state index contributed by atoms with van der Waals surface area (Å²) in [5.74, 6) is -0.286. The molecule has 4 nitrogen and oxygen atoms in total. The zero-order valence-corrected chi connectivity index (χ0v) is 7.91. The molecule has 2 N–H and O–H groups in total. The Balaban J connectivity index is 2.25. The summed E-state index contributed by atoms with van der Waals surface area (Å²) in [5.41, 5.74) is 5.31. The zero-order chi connectivity index (χ0) is 9.80. The minimum atomic E-state index is -0.236. The van der Waals surface area contributed by atoms with Gasteiger partial charge in [0.1, 0.15) is 0 Å². The van der Waals surface area contributed by atoms with Gasteiger partial charge in [0.15, 0.2) is 0 Å². The van der Waals surface area contributed by atoms with Gasteiger partial charge in [0.05, 0.1) is 11.8 Å². The number of fused-ring (bicyclic) bond motifs is 1. The molecular formula is C9H14N2O2. The second-order valence-electron chi connectivity index (χ2n) is 4.09. The third-order valence-electron chi connectivity index (χ3n) is 3.47. The molecule has 2 fully saturated rings. The van der Waals surface area contributed by atoms with Gasteiger partial charge in [0.2, 0.25) is 11.8 Å². The van der Waals surface area contributed by atoms with E-state index in [1.807, 2.05) is 13.8 Å². The van der Waals surface area contributed by atoms with E-state index in [9.17, 15) is 9.59 Å². The molecule has 0 bridgehead atoms. The molecule has 13 heavy (non-hydrogen) atoms. The molecular weight excluding hydrogens is 168 g/mol. The van der Waals surface area contributed by atoms with Crippen LogP contribution in [0.4, 0.5) is 0 Å². The van der Waals surface area contributed by atoms with Crippen LogP contribution in [0.15, 0.2) is 0 Å². The molecule has 1 saturated heterocycles. The highest BCUT2D eigenvalue weighted by molar-refractivity contribution is 6.10. The van der Waals surface area contributed by atoms with Crippen LogP contribution in [0.2, 0.25) is 0 Å². The lowest BCUT2D eigenvalue weighted by atomic mass is 10.0. The van der Waals surface area contributed by atoms with Gasteiger partial charge in [-0.05, 0) is 13.5 Å². The van der Waals surface area contributed by atoms with E-state index in [-0.39, 0.29) is 29.1 Å². The summed E-state index contributed by atoms with van der Waals surface area (Å²) < 4.78 is 0. The third kappa shape index (κ3) is 0.790. The first kappa shape index (κ1) is 8.69. The molecule has 2 aliphatic rings.